The fourth-order valence-corrected chi connectivity index (χ4v) is 2.51. The molecule has 0 aromatic heterocycles. The fourth-order valence-electron chi connectivity index (χ4n) is 2.51. The minimum atomic E-state index is 0.0611. The standard InChI is InChI=1S/C13H19FO/c1-2-10-3-8-13(15-9-10)11-4-6-12(14)7-5-11/h2,6,10-11,13H,1,3-5,7-9H2. The van der Waals surface area contributed by atoms with Crippen LogP contribution in [0.1, 0.15) is 32.1 Å². The summed E-state index contributed by atoms with van der Waals surface area (Å²) in [6.07, 6.45) is 8.77. The van der Waals surface area contributed by atoms with Crippen LogP contribution < -0.4 is 0 Å². The lowest BCUT2D eigenvalue weighted by Crippen LogP contribution is -2.32. The molecule has 2 heteroatoms. The van der Waals surface area contributed by atoms with Gasteiger partial charge in [-0.15, -0.1) is 6.58 Å². The molecule has 1 nitrogen and oxygen atoms in total. The van der Waals surface area contributed by atoms with Crippen molar-refractivity contribution in [1.29, 1.82) is 0 Å². The van der Waals surface area contributed by atoms with Gasteiger partial charge < -0.3 is 4.74 Å². The highest BCUT2D eigenvalue weighted by Gasteiger charge is 2.28. The normalized spacial score (nSPS) is 37.1. The lowest BCUT2D eigenvalue weighted by atomic mass is 9.84. The van der Waals surface area contributed by atoms with Crippen molar-refractivity contribution in [1.82, 2.24) is 0 Å². The fraction of sp³-hybridized carbons (Fsp3) is 0.692. The number of hydrogen-bond acceptors (Lipinski definition) is 1. The predicted molar refractivity (Wildman–Crippen MR) is 59.2 cm³/mol. The molecule has 0 N–H and O–H groups in total. The van der Waals surface area contributed by atoms with Gasteiger partial charge in [0.25, 0.3) is 0 Å². The first-order valence-electron chi connectivity index (χ1n) is 5.88. The second kappa shape index (κ2) is 4.93. The van der Waals surface area contributed by atoms with Crippen molar-refractivity contribution in [3.05, 3.63) is 24.6 Å². The zero-order chi connectivity index (χ0) is 10.7. The largest absolute Gasteiger partial charge is 0.377 e. The molecule has 2 aliphatic rings. The Labute approximate surface area is 91.0 Å². The average Bonchev–Trinajstić information content (AvgIpc) is 2.30. The van der Waals surface area contributed by atoms with Crippen LogP contribution in [0.5, 0.6) is 0 Å². The van der Waals surface area contributed by atoms with Gasteiger partial charge in [-0.1, -0.05) is 12.2 Å². The third kappa shape index (κ3) is 2.69. The van der Waals surface area contributed by atoms with Crippen LogP contribution in [-0.4, -0.2) is 12.7 Å². The van der Waals surface area contributed by atoms with Crippen LogP contribution in [0.15, 0.2) is 24.6 Å². The summed E-state index contributed by atoms with van der Waals surface area (Å²) >= 11 is 0. The molecule has 1 heterocycles. The quantitative estimate of drug-likeness (QED) is 0.632. The SMILES string of the molecule is C=CC1CCC(C2CC=C(F)CC2)OC1. The maximum atomic E-state index is 12.8. The lowest BCUT2D eigenvalue weighted by Gasteiger charge is -2.34. The van der Waals surface area contributed by atoms with Crippen LogP contribution in [-0.2, 0) is 4.74 Å². The molecule has 0 aromatic rings. The van der Waals surface area contributed by atoms with E-state index in [2.05, 4.69) is 6.58 Å². The maximum Gasteiger partial charge on any atom is 0.0960 e. The minimum Gasteiger partial charge on any atom is -0.377 e. The number of allylic oxidation sites excluding steroid dienone is 2. The molecule has 84 valence electrons. The van der Waals surface area contributed by atoms with Gasteiger partial charge in [-0.2, -0.15) is 0 Å². The van der Waals surface area contributed by atoms with Crippen LogP contribution in [0.25, 0.3) is 0 Å². The molecule has 15 heavy (non-hydrogen) atoms. The molecule has 2 rings (SSSR count). The van der Waals surface area contributed by atoms with Crippen LogP contribution in [0.3, 0.4) is 0 Å². The summed E-state index contributed by atoms with van der Waals surface area (Å²) in [5.74, 6) is 1.12. The Bertz CT molecular complexity index is 251. The van der Waals surface area contributed by atoms with Gasteiger partial charge in [0.2, 0.25) is 0 Å². The summed E-state index contributed by atoms with van der Waals surface area (Å²) in [4.78, 5) is 0. The number of ether oxygens (including phenoxy) is 1. The number of hydrogen-bond donors (Lipinski definition) is 0. The zero-order valence-electron chi connectivity index (χ0n) is 9.12. The van der Waals surface area contributed by atoms with Crippen molar-refractivity contribution < 1.29 is 9.13 Å². The Morgan fingerprint density at radius 1 is 1.40 bits per heavy atom. The summed E-state index contributed by atoms with van der Waals surface area (Å²) in [5.41, 5.74) is 0. The molecule has 0 bridgehead atoms. The second-order valence-electron chi connectivity index (χ2n) is 4.63. The predicted octanol–water partition coefficient (Wildman–Crippen LogP) is 3.62. The van der Waals surface area contributed by atoms with E-state index in [4.69, 9.17) is 4.74 Å². The Balaban J connectivity index is 1.83. The van der Waals surface area contributed by atoms with Crippen molar-refractivity contribution >= 4 is 0 Å². The molecule has 0 saturated carbocycles. The van der Waals surface area contributed by atoms with E-state index < -0.39 is 0 Å². The Morgan fingerprint density at radius 2 is 2.27 bits per heavy atom. The molecule has 1 saturated heterocycles. The summed E-state index contributed by atoms with van der Waals surface area (Å²) in [7, 11) is 0. The number of halogens is 1. The first-order chi connectivity index (χ1) is 7.29. The van der Waals surface area contributed by atoms with E-state index in [-0.39, 0.29) is 5.83 Å². The molecule has 1 aliphatic heterocycles. The van der Waals surface area contributed by atoms with E-state index in [1.54, 1.807) is 6.08 Å². The molecule has 1 aliphatic carbocycles. The highest BCUT2D eigenvalue weighted by Crippen LogP contribution is 2.33. The van der Waals surface area contributed by atoms with E-state index >= 15 is 0 Å². The second-order valence-corrected chi connectivity index (χ2v) is 4.63. The van der Waals surface area contributed by atoms with Gasteiger partial charge in [0, 0.05) is 5.92 Å². The summed E-state index contributed by atoms with van der Waals surface area (Å²) < 4.78 is 18.7. The first-order valence-corrected chi connectivity index (χ1v) is 5.88. The van der Waals surface area contributed by atoms with E-state index in [9.17, 15) is 4.39 Å². The van der Waals surface area contributed by atoms with Gasteiger partial charge in [0.1, 0.15) is 0 Å². The smallest absolute Gasteiger partial charge is 0.0960 e. The molecule has 0 radical (unpaired) electrons. The van der Waals surface area contributed by atoms with E-state index in [0.29, 0.717) is 24.4 Å². The van der Waals surface area contributed by atoms with Crippen molar-refractivity contribution in [2.45, 2.75) is 38.2 Å². The molecule has 3 unspecified atom stereocenters. The van der Waals surface area contributed by atoms with Crippen molar-refractivity contribution in [3.8, 4) is 0 Å². The van der Waals surface area contributed by atoms with Crippen LogP contribution >= 0.6 is 0 Å². The third-order valence-electron chi connectivity index (χ3n) is 3.60. The van der Waals surface area contributed by atoms with Gasteiger partial charge >= 0.3 is 0 Å². The zero-order valence-corrected chi connectivity index (χ0v) is 9.12. The molecular weight excluding hydrogens is 191 g/mol. The molecule has 1 fully saturated rings. The summed E-state index contributed by atoms with van der Waals surface area (Å²) in [6.45, 7) is 4.60. The monoisotopic (exact) mass is 210 g/mol. The lowest BCUT2D eigenvalue weighted by molar-refractivity contribution is -0.0401. The Hall–Kier alpha value is -0.630. The highest BCUT2D eigenvalue weighted by molar-refractivity contribution is 5.00. The van der Waals surface area contributed by atoms with Gasteiger partial charge in [-0.25, -0.2) is 4.39 Å². The van der Waals surface area contributed by atoms with Crippen LogP contribution in [0.4, 0.5) is 4.39 Å². The Morgan fingerprint density at radius 3 is 2.80 bits per heavy atom. The van der Waals surface area contributed by atoms with E-state index in [1.165, 1.54) is 6.42 Å². The minimum absolute atomic E-state index is 0.0611. The summed E-state index contributed by atoms with van der Waals surface area (Å²) in [6, 6.07) is 0. The molecule has 0 amide bonds. The highest BCUT2D eigenvalue weighted by atomic mass is 19.1. The average molecular weight is 210 g/mol. The van der Waals surface area contributed by atoms with Crippen molar-refractivity contribution in [2.24, 2.45) is 11.8 Å². The van der Waals surface area contributed by atoms with E-state index in [1.807, 2.05) is 6.08 Å². The summed E-state index contributed by atoms with van der Waals surface area (Å²) in [5, 5.41) is 0. The van der Waals surface area contributed by atoms with Crippen molar-refractivity contribution in [2.75, 3.05) is 6.61 Å². The van der Waals surface area contributed by atoms with Gasteiger partial charge in [-0.05, 0) is 38.0 Å². The van der Waals surface area contributed by atoms with E-state index in [0.717, 1.165) is 25.9 Å². The van der Waals surface area contributed by atoms with Crippen molar-refractivity contribution in [3.63, 3.8) is 0 Å². The third-order valence-corrected chi connectivity index (χ3v) is 3.60. The van der Waals surface area contributed by atoms with Crippen LogP contribution in [0.2, 0.25) is 0 Å². The van der Waals surface area contributed by atoms with Gasteiger partial charge in [0.05, 0.1) is 18.5 Å². The molecular formula is C13H19FO. The molecule has 0 spiro atoms. The Kier molecular flexibility index (Phi) is 3.57. The molecule has 0 aromatic carbocycles. The maximum absolute atomic E-state index is 12.8. The van der Waals surface area contributed by atoms with Gasteiger partial charge in [0.15, 0.2) is 0 Å². The number of rotatable bonds is 2. The topological polar surface area (TPSA) is 9.23 Å². The first kappa shape index (κ1) is 10.9. The van der Waals surface area contributed by atoms with Crippen LogP contribution in [0, 0.1) is 11.8 Å². The molecule has 3 atom stereocenters. The van der Waals surface area contributed by atoms with Gasteiger partial charge in [-0.3, -0.25) is 0 Å².